The predicted molar refractivity (Wildman–Crippen MR) is 120 cm³/mol. The summed E-state index contributed by atoms with van der Waals surface area (Å²) in [5.74, 6) is -2.15. The van der Waals surface area contributed by atoms with Gasteiger partial charge in [-0.25, -0.2) is 0 Å². The molecule has 0 aromatic heterocycles. The number of hydroxylamine groups is 1. The van der Waals surface area contributed by atoms with Gasteiger partial charge >= 0.3 is 24.5 Å². The summed E-state index contributed by atoms with van der Waals surface area (Å²) in [4.78, 5) is 28.0. The number of fused-ring (bicyclic) bond motifs is 1. The van der Waals surface area contributed by atoms with Crippen LogP contribution >= 0.6 is 0 Å². The molecule has 4 rings (SSSR count). The quantitative estimate of drug-likeness (QED) is 0.322. The molecule has 0 fully saturated rings. The Morgan fingerprint density at radius 2 is 1.43 bits per heavy atom. The van der Waals surface area contributed by atoms with Gasteiger partial charge in [0.05, 0.1) is 16.8 Å². The third-order valence-electron chi connectivity index (χ3n) is 5.97. The van der Waals surface area contributed by atoms with E-state index in [1.807, 2.05) is 5.48 Å². The Morgan fingerprint density at radius 1 is 0.850 bits per heavy atom. The number of alkyl halides is 9. The Kier molecular flexibility index (Phi) is 6.99. The average Bonchev–Trinajstić information content (AvgIpc) is 3.32. The van der Waals surface area contributed by atoms with Crippen molar-refractivity contribution in [1.82, 2.24) is 10.8 Å². The number of benzene rings is 3. The number of carbonyl (C=O) groups excluding carboxylic acids is 1. The summed E-state index contributed by atoms with van der Waals surface area (Å²) >= 11 is 0. The van der Waals surface area contributed by atoms with Crippen molar-refractivity contribution in [2.75, 3.05) is 6.54 Å². The first-order chi connectivity index (χ1) is 18.4. The van der Waals surface area contributed by atoms with Crippen molar-refractivity contribution >= 4 is 28.3 Å². The van der Waals surface area contributed by atoms with Crippen molar-refractivity contribution < 1.29 is 59.0 Å². The van der Waals surface area contributed by atoms with Crippen LogP contribution in [0.3, 0.4) is 0 Å². The molecule has 40 heavy (non-hydrogen) atoms. The van der Waals surface area contributed by atoms with Crippen LogP contribution in [0, 0.1) is 0 Å². The fraction of sp³-hybridized carbons (Fsp3) is 0.200. The first-order valence-electron chi connectivity index (χ1n) is 11.0. The van der Waals surface area contributed by atoms with E-state index in [2.05, 4.69) is 5.32 Å². The highest BCUT2D eigenvalue weighted by atomic mass is 19.4. The molecule has 212 valence electrons. The van der Waals surface area contributed by atoms with E-state index in [1.54, 1.807) is 0 Å². The van der Waals surface area contributed by atoms with Crippen LogP contribution in [0.5, 0.6) is 0 Å². The summed E-state index contributed by atoms with van der Waals surface area (Å²) in [5.41, 5.74) is -7.75. The smallest absolute Gasteiger partial charge is 0.428 e. The maximum absolute atomic E-state index is 14.4. The monoisotopic (exact) mass is 578 g/mol. The first kappa shape index (κ1) is 28.7. The van der Waals surface area contributed by atoms with Gasteiger partial charge in [0, 0.05) is 16.7 Å². The molecule has 1 heterocycles. The highest BCUT2D eigenvalue weighted by molar-refractivity contribution is 6.10. The normalized spacial score (nSPS) is 17.9. The Balaban J connectivity index is 1.90. The van der Waals surface area contributed by atoms with E-state index in [1.165, 1.54) is 30.3 Å². The Bertz CT molecular complexity index is 1500. The van der Waals surface area contributed by atoms with Gasteiger partial charge in [-0.1, -0.05) is 30.3 Å². The van der Waals surface area contributed by atoms with Gasteiger partial charge in [0.15, 0.2) is 0 Å². The molecular formula is C25H15F9N2O4. The van der Waals surface area contributed by atoms with Crippen LogP contribution in [-0.2, 0) is 27.6 Å². The first-order valence-corrected chi connectivity index (χ1v) is 11.0. The maximum atomic E-state index is 14.4. The summed E-state index contributed by atoms with van der Waals surface area (Å²) in [5, 5.41) is 11.2. The van der Waals surface area contributed by atoms with Gasteiger partial charge in [0.1, 0.15) is 6.54 Å². The average molecular weight is 578 g/mol. The second kappa shape index (κ2) is 9.73. The zero-order valence-electron chi connectivity index (χ0n) is 19.6. The number of hydrogen-bond acceptors (Lipinski definition) is 4. The molecule has 6 nitrogen and oxygen atoms in total. The number of nitrogens with one attached hydrogen (secondary N) is 2. The number of aliphatic carboxylic acids is 1. The van der Waals surface area contributed by atoms with E-state index in [0.717, 1.165) is 6.07 Å². The van der Waals surface area contributed by atoms with Gasteiger partial charge < -0.3 is 10.4 Å². The molecule has 0 spiro atoms. The minimum Gasteiger partial charge on any atom is -0.480 e. The largest absolute Gasteiger partial charge is 0.480 e. The molecule has 0 aliphatic carbocycles. The lowest BCUT2D eigenvalue weighted by molar-refractivity contribution is -0.269. The summed E-state index contributed by atoms with van der Waals surface area (Å²) in [6, 6.07) is 7.62. The van der Waals surface area contributed by atoms with Crippen LogP contribution in [0.4, 0.5) is 39.5 Å². The van der Waals surface area contributed by atoms with Crippen LogP contribution in [0.25, 0.3) is 16.5 Å². The molecule has 15 heteroatoms. The standard InChI is InChI=1S/C25H15F9N2O4/c26-23(27,28)13-7-12(8-14(9-13)24(29,30)31)22(25(32,33)34)10-19(36-40-22)17-5-6-18(21(39)35-11-20(37)38)16-4-2-1-3-15(16)17/h1-10,36H,11H2,(H,35,39)(H,37,38). The minimum absolute atomic E-state index is 0.0421. The number of amides is 1. The van der Waals surface area contributed by atoms with Crippen molar-refractivity contribution in [3.63, 3.8) is 0 Å². The van der Waals surface area contributed by atoms with Crippen LogP contribution in [-0.4, -0.2) is 29.7 Å². The zero-order chi connectivity index (χ0) is 29.7. The van der Waals surface area contributed by atoms with E-state index in [9.17, 15) is 49.1 Å². The zero-order valence-corrected chi connectivity index (χ0v) is 19.6. The maximum Gasteiger partial charge on any atom is 0.428 e. The van der Waals surface area contributed by atoms with E-state index in [0.29, 0.717) is 6.08 Å². The number of halogens is 9. The Hall–Kier alpha value is -4.27. The van der Waals surface area contributed by atoms with Crippen LogP contribution in [0.1, 0.15) is 32.6 Å². The van der Waals surface area contributed by atoms with E-state index in [-0.39, 0.29) is 40.1 Å². The second-order valence-electron chi connectivity index (χ2n) is 8.57. The molecule has 0 saturated carbocycles. The Labute approximate surface area is 218 Å². The number of carboxylic acid groups (broad SMARTS) is 1. The molecule has 0 saturated heterocycles. The molecule has 0 bridgehead atoms. The molecule has 3 aromatic rings. The molecule has 1 amide bonds. The van der Waals surface area contributed by atoms with Crippen molar-refractivity contribution in [2.45, 2.75) is 24.1 Å². The second-order valence-corrected chi connectivity index (χ2v) is 8.57. The van der Waals surface area contributed by atoms with Crippen molar-refractivity contribution in [2.24, 2.45) is 0 Å². The lowest BCUT2D eigenvalue weighted by Gasteiger charge is -2.29. The molecule has 0 radical (unpaired) electrons. The fourth-order valence-corrected chi connectivity index (χ4v) is 4.13. The lowest BCUT2D eigenvalue weighted by atomic mass is 9.88. The number of carboxylic acids is 1. The summed E-state index contributed by atoms with van der Waals surface area (Å²) in [6.07, 6.45) is -16.0. The third kappa shape index (κ3) is 5.28. The topological polar surface area (TPSA) is 87.7 Å². The highest BCUT2D eigenvalue weighted by Gasteiger charge is 2.60. The molecule has 1 aliphatic rings. The minimum atomic E-state index is -5.54. The van der Waals surface area contributed by atoms with Crippen molar-refractivity contribution in [1.29, 1.82) is 0 Å². The highest BCUT2D eigenvalue weighted by Crippen LogP contribution is 2.50. The van der Waals surface area contributed by atoms with Crippen molar-refractivity contribution in [3.05, 3.63) is 88.5 Å². The summed E-state index contributed by atoms with van der Waals surface area (Å²) < 4.78 is 123. The van der Waals surface area contributed by atoms with Gasteiger partial charge in [-0.3, -0.25) is 19.9 Å². The Morgan fingerprint density at radius 3 is 1.95 bits per heavy atom. The van der Waals surface area contributed by atoms with Gasteiger partial charge in [0.2, 0.25) is 5.60 Å². The van der Waals surface area contributed by atoms with E-state index < -0.39 is 64.9 Å². The molecule has 3 N–H and O–H groups in total. The van der Waals surface area contributed by atoms with Crippen LogP contribution in [0.15, 0.2) is 60.7 Å². The summed E-state index contributed by atoms with van der Waals surface area (Å²) in [6.45, 7) is -0.722. The molecule has 3 aromatic carbocycles. The van der Waals surface area contributed by atoms with Crippen LogP contribution in [0.2, 0.25) is 0 Å². The molecular weight excluding hydrogens is 563 g/mol. The third-order valence-corrected chi connectivity index (χ3v) is 5.97. The molecule has 1 aliphatic heterocycles. The van der Waals surface area contributed by atoms with Gasteiger partial charge in [-0.15, -0.1) is 0 Å². The number of carbonyl (C=O) groups is 2. The predicted octanol–water partition coefficient (Wildman–Crippen LogP) is 6.03. The van der Waals surface area contributed by atoms with Crippen molar-refractivity contribution in [3.8, 4) is 0 Å². The summed E-state index contributed by atoms with van der Waals surface area (Å²) in [7, 11) is 0. The number of rotatable bonds is 5. The van der Waals surface area contributed by atoms with Gasteiger partial charge in [-0.05, 0) is 41.1 Å². The van der Waals surface area contributed by atoms with Gasteiger partial charge in [0.25, 0.3) is 5.91 Å². The lowest BCUT2D eigenvalue weighted by Crippen LogP contribution is -2.43. The number of hydrogen-bond donors (Lipinski definition) is 3. The van der Waals surface area contributed by atoms with E-state index >= 15 is 0 Å². The van der Waals surface area contributed by atoms with E-state index in [4.69, 9.17) is 9.94 Å². The molecule has 1 atom stereocenters. The van der Waals surface area contributed by atoms with Crippen LogP contribution < -0.4 is 10.8 Å². The fourth-order valence-electron chi connectivity index (χ4n) is 4.13. The molecule has 1 unspecified atom stereocenters. The van der Waals surface area contributed by atoms with Gasteiger partial charge in [-0.2, -0.15) is 39.5 Å². The SMILES string of the molecule is O=C(O)CNC(=O)c1ccc(C2=CC(c3cc(C(F)(F)F)cc(C(F)(F)F)c3)(C(F)(F)F)ON2)c2ccccc12.